The van der Waals surface area contributed by atoms with Crippen LogP contribution < -0.4 is 10.2 Å². The summed E-state index contributed by atoms with van der Waals surface area (Å²) < 4.78 is 19.0. The summed E-state index contributed by atoms with van der Waals surface area (Å²) in [7, 11) is 0. The number of morpholine rings is 1. The van der Waals surface area contributed by atoms with E-state index < -0.39 is 0 Å². The van der Waals surface area contributed by atoms with Crippen LogP contribution in [0.2, 0.25) is 0 Å². The zero-order valence-electron chi connectivity index (χ0n) is 18.7. The zero-order chi connectivity index (χ0) is 22.8. The summed E-state index contributed by atoms with van der Waals surface area (Å²) in [4.78, 5) is 25.4. The third-order valence-corrected chi connectivity index (χ3v) is 6.68. The minimum Gasteiger partial charge on any atom is -0.377 e. The third kappa shape index (κ3) is 4.81. The highest BCUT2D eigenvalue weighted by Crippen LogP contribution is 2.36. The van der Waals surface area contributed by atoms with E-state index >= 15 is 0 Å². The fourth-order valence-electron chi connectivity index (χ4n) is 3.93. The predicted octanol–water partition coefficient (Wildman–Crippen LogP) is 4.42. The van der Waals surface area contributed by atoms with Gasteiger partial charge in [-0.25, -0.2) is 9.37 Å². The van der Waals surface area contributed by atoms with E-state index in [0.717, 1.165) is 39.2 Å². The van der Waals surface area contributed by atoms with Crippen LogP contribution in [0, 0.1) is 26.6 Å². The average Bonchev–Trinajstić information content (AvgIpc) is 3.16. The van der Waals surface area contributed by atoms with Crippen LogP contribution in [0.15, 0.2) is 30.3 Å². The standard InChI is InChI=1S/C24H27FN4O2S/c1-14-9-19(25)5-6-20(14)23(30)26-12-21-22(18-10-15(2)27-16(3)11-18)32-24(28-21)29-7-8-31-13-17(29)4/h5-6,9-11,17H,7-8,12-13H2,1-4H3,(H,26,30)/t17-/m0/s1. The molecule has 0 bridgehead atoms. The first-order valence-electron chi connectivity index (χ1n) is 10.7. The molecule has 8 heteroatoms. The Hall–Kier alpha value is -2.84. The Balaban J connectivity index is 1.65. The molecule has 1 saturated heterocycles. The van der Waals surface area contributed by atoms with Crippen molar-refractivity contribution in [1.82, 2.24) is 15.3 Å². The summed E-state index contributed by atoms with van der Waals surface area (Å²) in [6.45, 7) is 10.2. The molecule has 0 radical (unpaired) electrons. The molecule has 4 rings (SSSR count). The number of amides is 1. The summed E-state index contributed by atoms with van der Waals surface area (Å²) in [6, 6.07) is 8.50. The van der Waals surface area contributed by atoms with E-state index in [-0.39, 0.29) is 24.3 Å². The minimum atomic E-state index is -0.353. The summed E-state index contributed by atoms with van der Waals surface area (Å²) in [5, 5.41) is 3.89. The van der Waals surface area contributed by atoms with Crippen LogP contribution in [0.4, 0.5) is 9.52 Å². The van der Waals surface area contributed by atoms with Gasteiger partial charge in [-0.3, -0.25) is 9.78 Å². The smallest absolute Gasteiger partial charge is 0.251 e. The monoisotopic (exact) mass is 454 g/mol. The Labute approximate surface area is 191 Å². The van der Waals surface area contributed by atoms with Crippen molar-refractivity contribution in [2.24, 2.45) is 0 Å². The lowest BCUT2D eigenvalue weighted by atomic mass is 10.1. The number of anilines is 1. The summed E-state index contributed by atoms with van der Waals surface area (Å²) in [5.74, 6) is -0.599. The number of hydrogen-bond acceptors (Lipinski definition) is 6. The van der Waals surface area contributed by atoms with Gasteiger partial charge in [-0.2, -0.15) is 0 Å². The molecule has 1 N–H and O–H groups in total. The van der Waals surface area contributed by atoms with Crippen molar-refractivity contribution < 1.29 is 13.9 Å². The van der Waals surface area contributed by atoms with Crippen molar-refractivity contribution in [2.45, 2.75) is 40.3 Å². The quantitative estimate of drug-likeness (QED) is 0.618. The number of halogens is 1. The first-order valence-corrected chi connectivity index (χ1v) is 11.5. The molecule has 1 amide bonds. The molecule has 1 aromatic carbocycles. The molecule has 0 spiro atoms. The molecule has 1 fully saturated rings. The minimum absolute atomic E-state index is 0.230. The lowest BCUT2D eigenvalue weighted by Gasteiger charge is -2.32. The maximum absolute atomic E-state index is 13.4. The molecule has 0 unspecified atom stereocenters. The van der Waals surface area contributed by atoms with Gasteiger partial charge in [0.1, 0.15) is 5.82 Å². The molecule has 32 heavy (non-hydrogen) atoms. The zero-order valence-corrected chi connectivity index (χ0v) is 19.6. The van der Waals surface area contributed by atoms with E-state index in [1.54, 1.807) is 18.3 Å². The van der Waals surface area contributed by atoms with Crippen LogP contribution >= 0.6 is 11.3 Å². The molecule has 1 atom stereocenters. The molecule has 0 aliphatic carbocycles. The number of nitrogens with zero attached hydrogens (tertiary/aromatic N) is 3. The number of benzene rings is 1. The number of hydrogen-bond donors (Lipinski definition) is 1. The number of aromatic nitrogens is 2. The number of pyridine rings is 1. The van der Waals surface area contributed by atoms with E-state index in [0.29, 0.717) is 24.3 Å². The molecule has 6 nitrogen and oxygen atoms in total. The van der Waals surface area contributed by atoms with Crippen LogP contribution in [0.3, 0.4) is 0 Å². The van der Waals surface area contributed by atoms with Gasteiger partial charge in [0, 0.05) is 23.5 Å². The molecule has 2 aromatic heterocycles. The molecule has 3 heterocycles. The number of thiazole rings is 1. The highest BCUT2D eigenvalue weighted by Gasteiger charge is 2.25. The Kier molecular flexibility index (Phi) is 6.53. The highest BCUT2D eigenvalue weighted by molar-refractivity contribution is 7.19. The van der Waals surface area contributed by atoms with E-state index in [4.69, 9.17) is 9.72 Å². The molecule has 3 aromatic rings. The lowest BCUT2D eigenvalue weighted by Crippen LogP contribution is -2.43. The van der Waals surface area contributed by atoms with Gasteiger partial charge in [-0.1, -0.05) is 11.3 Å². The SMILES string of the molecule is Cc1cc(-c2sc(N3CCOC[C@@H]3C)nc2CNC(=O)c2ccc(F)cc2C)cc(C)n1. The Morgan fingerprint density at radius 3 is 2.66 bits per heavy atom. The van der Waals surface area contributed by atoms with Crippen molar-refractivity contribution in [3.63, 3.8) is 0 Å². The molecule has 1 aliphatic rings. The summed E-state index contributed by atoms with van der Waals surface area (Å²) in [6.07, 6.45) is 0. The normalized spacial score (nSPS) is 16.3. The van der Waals surface area contributed by atoms with Crippen molar-refractivity contribution in [3.05, 3.63) is 64.4 Å². The van der Waals surface area contributed by atoms with Crippen molar-refractivity contribution >= 4 is 22.4 Å². The third-order valence-electron chi connectivity index (χ3n) is 5.49. The molecule has 0 saturated carbocycles. The van der Waals surface area contributed by atoms with Crippen LogP contribution in [-0.2, 0) is 11.3 Å². The number of rotatable bonds is 5. The van der Waals surface area contributed by atoms with Crippen molar-refractivity contribution in [2.75, 3.05) is 24.7 Å². The average molecular weight is 455 g/mol. The molecule has 168 valence electrons. The first kappa shape index (κ1) is 22.4. The van der Waals surface area contributed by atoms with Gasteiger partial charge in [0.2, 0.25) is 0 Å². The lowest BCUT2D eigenvalue weighted by molar-refractivity contribution is 0.0950. The van der Waals surface area contributed by atoms with E-state index in [1.807, 2.05) is 26.0 Å². The van der Waals surface area contributed by atoms with Gasteiger partial charge in [0.05, 0.1) is 36.4 Å². The van der Waals surface area contributed by atoms with E-state index in [9.17, 15) is 9.18 Å². The van der Waals surface area contributed by atoms with Gasteiger partial charge in [-0.05, 0) is 69.2 Å². The van der Waals surface area contributed by atoms with Gasteiger partial charge >= 0.3 is 0 Å². The number of carbonyl (C=O) groups is 1. The van der Waals surface area contributed by atoms with Crippen molar-refractivity contribution in [1.29, 1.82) is 0 Å². The fourth-order valence-corrected chi connectivity index (χ4v) is 5.12. The Morgan fingerprint density at radius 1 is 1.22 bits per heavy atom. The second-order valence-electron chi connectivity index (χ2n) is 8.17. The number of carbonyl (C=O) groups excluding carboxylic acids is 1. The predicted molar refractivity (Wildman–Crippen MR) is 125 cm³/mol. The second-order valence-corrected chi connectivity index (χ2v) is 9.15. The van der Waals surface area contributed by atoms with Crippen LogP contribution in [0.5, 0.6) is 0 Å². The number of nitrogens with one attached hydrogen (secondary N) is 1. The van der Waals surface area contributed by atoms with Crippen LogP contribution in [-0.4, -0.2) is 41.7 Å². The first-order chi connectivity index (χ1) is 15.3. The Bertz CT molecular complexity index is 1130. The van der Waals surface area contributed by atoms with Crippen molar-refractivity contribution in [3.8, 4) is 10.4 Å². The van der Waals surface area contributed by atoms with Gasteiger partial charge < -0.3 is 15.0 Å². The maximum atomic E-state index is 13.4. The largest absolute Gasteiger partial charge is 0.377 e. The highest BCUT2D eigenvalue weighted by atomic mass is 32.1. The van der Waals surface area contributed by atoms with Crippen LogP contribution in [0.1, 0.15) is 39.9 Å². The second kappa shape index (κ2) is 9.34. The van der Waals surface area contributed by atoms with E-state index in [1.165, 1.54) is 18.2 Å². The van der Waals surface area contributed by atoms with E-state index in [2.05, 4.69) is 22.1 Å². The van der Waals surface area contributed by atoms with Gasteiger partial charge in [-0.15, -0.1) is 0 Å². The summed E-state index contributed by atoms with van der Waals surface area (Å²) in [5.41, 5.74) is 4.78. The fraction of sp³-hybridized carbons (Fsp3) is 0.375. The van der Waals surface area contributed by atoms with Gasteiger partial charge in [0.25, 0.3) is 5.91 Å². The van der Waals surface area contributed by atoms with Crippen LogP contribution in [0.25, 0.3) is 10.4 Å². The Morgan fingerprint density at radius 2 is 1.97 bits per heavy atom. The topological polar surface area (TPSA) is 67.3 Å². The molecular weight excluding hydrogens is 427 g/mol. The number of ether oxygens (including phenoxy) is 1. The maximum Gasteiger partial charge on any atom is 0.251 e. The molecule has 1 aliphatic heterocycles. The molecular formula is C24H27FN4O2S. The van der Waals surface area contributed by atoms with Gasteiger partial charge in [0.15, 0.2) is 5.13 Å². The summed E-state index contributed by atoms with van der Waals surface area (Å²) >= 11 is 1.62. The number of aryl methyl sites for hydroxylation is 3.